The number of benzene rings is 1. The summed E-state index contributed by atoms with van der Waals surface area (Å²) in [5.41, 5.74) is 13.1. The van der Waals surface area contributed by atoms with Gasteiger partial charge in [-0.05, 0) is 31.2 Å². The van der Waals surface area contributed by atoms with E-state index >= 15 is 0 Å². The second-order valence-corrected chi connectivity index (χ2v) is 5.40. The zero-order chi connectivity index (χ0) is 15.7. The van der Waals surface area contributed by atoms with Gasteiger partial charge in [-0.25, -0.2) is 4.39 Å². The SMILES string of the molecule is CN[C@H]1CCN(c2nc(N)nc(N)c2-c2cccc(F)c2)C1. The quantitative estimate of drug-likeness (QED) is 0.790. The number of anilines is 3. The Bertz CT molecular complexity index is 690. The highest BCUT2D eigenvalue weighted by atomic mass is 19.1. The molecule has 2 aromatic rings. The molecule has 0 saturated carbocycles. The largest absolute Gasteiger partial charge is 0.383 e. The van der Waals surface area contributed by atoms with Crippen LogP contribution in [0.2, 0.25) is 0 Å². The monoisotopic (exact) mass is 302 g/mol. The fraction of sp³-hybridized carbons (Fsp3) is 0.333. The molecule has 3 rings (SSSR count). The lowest BCUT2D eigenvalue weighted by molar-refractivity contribution is 0.616. The van der Waals surface area contributed by atoms with E-state index in [0.29, 0.717) is 23.0 Å². The molecular formula is C15H19FN6. The second-order valence-electron chi connectivity index (χ2n) is 5.40. The topological polar surface area (TPSA) is 93.1 Å². The van der Waals surface area contributed by atoms with E-state index in [-0.39, 0.29) is 17.6 Å². The van der Waals surface area contributed by atoms with Crippen molar-refractivity contribution in [3.05, 3.63) is 30.1 Å². The number of nitrogens with zero attached hydrogens (tertiary/aromatic N) is 3. The number of rotatable bonds is 3. The van der Waals surface area contributed by atoms with E-state index in [1.807, 2.05) is 7.05 Å². The smallest absolute Gasteiger partial charge is 0.223 e. The van der Waals surface area contributed by atoms with Crippen LogP contribution in [-0.2, 0) is 0 Å². The average molecular weight is 302 g/mol. The van der Waals surface area contributed by atoms with E-state index < -0.39 is 0 Å². The molecule has 0 aliphatic carbocycles. The van der Waals surface area contributed by atoms with Crippen LogP contribution in [0.5, 0.6) is 0 Å². The van der Waals surface area contributed by atoms with Crippen LogP contribution >= 0.6 is 0 Å². The number of likely N-dealkylation sites (N-methyl/N-ethyl adjacent to an activating group) is 1. The molecule has 116 valence electrons. The van der Waals surface area contributed by atoms with Gasteiger partial charge in [0.2, 0.25) is 5.95 Å². The highest BCUT2D eigenvalue weighted by Gasteiger charge is 2.26. The van der Waals surface area contributed by atoms with Crippen LogP contribution in [0, 0.1) is 5.82 Å². The van der Waals surface area contributed by atoms with Crippen LogP contribution < -0.4 is 21.7 Å². The molecule has 0 amide bonds. The molecule has 1 fully saturated rings. The molecule has 1 atom stereocenters. The molecule has 0 unspecified atom stereocenters. The summed E-state index contributed by atoms with van der Waals surface area (Å²) in [7, 11) is 1.93. The summed E-state index contributed by atoms with van der Waals surface area (Å²) in [5.74, 6) is 0.726. The summed E-state index contributed by atoms with van der Waals surface area (Å²) in [4.78, 5) is 10.5. The molecule has 0 bridgehead atoms. The molecule has 1 aromatic heterocycles. The lowest BCUT2D eigenvalue weighted by Crippen LogP contribution is -2.30. The van der Waals surface area contributed by atoms with Crippen molar-refractivity contribution < 1.29 is 4.39 Å². The molecule has 1 aliphatic rings. The van der Waals surface area contributed by atoms with Crippen molar-refractivity contribution in [2.75, 3.05) is 36.5 Å². The van der Waals surface area contributed by atoms with E-state index in [2.05, 4.69) is 20.2 Å². The van der Waals surface area contributed by atoms with E-state index in [1.54, 1.807) is 12.1 Å². The maximum absolute atomic E-state index is 13.6. The van der Waals surface area contributed by atoms with Gasteiger partial charge in [-0.15, -0.1) is 0 Å². The normalized spacial score (nSPS) is 17.9. The van der Waals surface area contributed by atoms with Gasteiger partial charge in [-0.1, -0.05) is 12.1 Å². The van der Waals surface area contributed by atoms with Crippen molar-refractivity contribution in [1.29, 1.82) is 0 Å². The number of nitrogens with one attached hydrogen (secondary N) is 1. The van der Waals surface area contributed by atoms with Gasteiger partial charge in [0.05, 0.1) is 5.56 Å². The van der Waals surface area contributed by atoms with Crippen molar-refractivity contribution in [2.24, 2.45) is 0 Å². The Morgan fingerprint density at radius 1 is 1.32 bits per heavy atom. The Morgan fingerprint density at radius 3 is 2.82 bits per heavy atom. The lowest BCUT2D eigenvalue weighted by Gasteiger charge is -2.22. The first kappa shape index (κ1) is 14.5. The Morgan fingerprint density at radius 2 is 2.14 bits per heavy atom. The minimum absolute atomic E-state index is 0.126. The maximum Gasteiger partial charge on any atom is 0.223 e. The van der Waals surface area contributed by atoms with Gasteiger partial charge in [0.1, 0.15) is 17.5 Å². The molecule has 7 heteroatoms. The zero-order valence-corrected chi connectivity index (χ0v) is 12.4. The molecule has 0 spiro atoms. The first-order valence-corrected chi connectivity index (χ1v) is 7.19. The van der Waals surface area contributed by atoms with E-state index in [1.165, 1.54) is 12.1 Å². The van der Waals surface area contributed by atoms with Gasteiger partial charge in [0, 0.05) is 19.1 Å². The van der Waals surface area contributed by atoms with Gasteiger partial charge in [-0.3, -0.25) is 0 Å². The molecule has 22 heavy (non-hydrogen) atoms. The molecule has 1 aromatic carbocycles. The Labute approximate surface area is 128 Å². The van der Waals surface area contributed by atoms with Crippen molar-refractivity contribution in [3.63, 3.8) is 0 Å². The minimum Gasteiger partial charge on any atom is -0.383 e. The number of nitrogen functional groups attached to an aromatic ring is 2. The Balaban J connectivity index is 2.09. The van der Waals surface area contributed by atoms with Crippen molar-refractivity contribution in [3.8, 4) is 11.1 Å². The zero-order valence-electron chi connectivity index (χ0n) is 12.4. The Hall–Kier alpha value is -2.41. The third-order valence-electron chi connectivity index (χ3n) is 3.94. The van der Waals surface area contributed by atoms with Crippen LogP contribution in [0.4, 0.5) is 22.0 Å². The summed E-state index contributed by atoms with van der Waals surface area (Å²) in [5, 5.41) is 3.25. The van der Waals surface area contributed by atoms with Gasteiger partial charge in [0.15, 0.2) is 0 Å². The summed E-state index contributed by atoms with van der Waals surface area (Å²) < 4.78 is 13.6. The van der Waals surface area contributed by atoms with Crippen molar-refractivity contribution in [2.45, 2.75) is 12.5 Å². The van der Waals surface area contributed by atoms with Crippen LogP contribution in [0.3, 0.4) is 0 Å². The van der Waals surface area contributed by atoms with Gasteiger partial charge in [0.25, 0.3) is 0 Å². The molecule has 0 radical (unpaired) electrons. The fourth-order valence-corrected chi connectivity index (χ4v) is 2.82. The van der Waals surface area contributed by atoms with Crippen molar-refractivity contribution >= 4 is 17.6 Å². The van der Waals surface area contributed by atoms with Gasteiger partial charge < -0.3 is 21.7 Å². The van der Waals surface area contributed by atoms with Crippen LogP contribution in [0.25, 0.3) is 11.1 Å². The standard InChI is InChI=1S/C15H19FN6/c1-19-11-5-6-22(8-11)14-12(13(17)20-15(18)21-14)9-3-2-4-10(16)7-9/h2-4,7,11,19H,5-6,8H2,1H3,(H4,17,18,20,21)/t11-/m0/s1. The average Bonchev–Trinajstić information content (AvgIpc) is 2.95. The molecule has 1 aliphatic heterocycles. The van der Waals surface area contributed by atoms with E-state index in [0.717, 1.165) is 19.5 Å². The molecule has 6 nitrogen and oxygen atoms in total. The predicted octanol–water partition coefficient (Wildman–Crippen LogP) is 1.25. The van der Waals surface area contributed by atoms with Crippen LogP contribution in [-0.4, -0.2) is 36.1 Å². The van der Waals surface area contributed by atoms with E-state index in [4.69, 9.17) is 11.5 Å². The molecule has 1 saturated heterocycles. The minimum atomic E-state index is -0.325. The number of hydrogen-bond donors (Lipinski definition) is 3. The summed E-state index contributed by atoms with van der Waals surface area (Å²) in [6.45, 7) is 1.64. The number of hydrogen-bond acceptors (Lipinski definition) is 6. The second kappa shape index (κ2) is 5.76. The van der Waals surface area contributed by atoms with Crippen LogP contribution in [0.15, 0.2) is 24.3 Å². The summed E-state index contributed by atoms with van der Waals surface area (Å²) in [6, 6.07) is 6.65. The lowest BCUT2D eigenvalue weighted by atomic mass is 10.1. The third kappa shape index (κ3) is 2.67. The maximum atomic E-state index is 13.6. The number of aromatic nitrogens is 2. The fourth-order valence-electron chi connectivity index (χ4n) is 2.82. The van der Waals surface area contributed by atoms with Crippen molar-refractivity contribution in [1.82, 2.24) is 15.3 Å². The highest BCUT2D eigenvalue weighted by molar-refractivity contribution is 5.85. The first-order valence-electron chi connectivity index (χ1n) is 7.19. The molecule has 5 N–H and O–H groups in total. The predicted molar refractivity (Wildman–Crippen MR) is 85.9 cm³/mol. The molecule has 2 heterocycles. The number of nitrogens with two attached hydrogens (primary N) is 2. The Kier molecular flexibility index (Phi) is 3.81. The molecular weight excluding hydrogens is 283 g/mol. The number of halogens is 1. The van der Waals surface area contributed by atoms with Gasteiger partial charge >= 0.3 is 0 Å². The first-order chi connectivity index (χ1) is 10.6. The highest BCUT2D eigenvalue weighted by Crippen LogP contribution is 2.35. The summed E-state index contributed by atoms with van der Waals surface area (Å²) >= 11 is 0. The van der Waals surface area contributed by atoms with Crippen LogP contribution in [0.1, 0.15) is 6.42 Å². The summed E-state index contributed by atoms with van der Waals surface area (Å²) in [6.07, 6.45) is 1.00. The third-order valence-corrected chi connectivity index (χ3v) is 3.94. The van der Waals surface area contributed by atoms with E-state index in [9.17, 15) is 4.39 Å². The van der Waals surface area contributed by atoms with Gasteiger partial charge in [-0.2, -0.15) is 9.97 Å².